The second-order valence-corrected chi connectivity index (χ2v) is 7.17. The van der Waals surface area contributed by atoms with Crippen LogP contribution in [0.5, 0.6) is 11.5 Å². The number of hydrogen-bond acceptors (Lipinski definition) is 5. The van der Waals surface area contributed by atoms with Gasteiger partial charge in [-0.3, -0.25) is 5.10 Å². The Balaban J connectivity index is 1.81. The third kappa shape index (κ3) is 5.25. The molecule has 0 spiro atoms. The summed E-state index contributed by atoms with van der Waals surface area (Å²) in [6.07, 6.45) is 3.37. The van der Waals surface area contributed by atoms with Crippen LogP contribution in [0.4, 0.5) is 4.39 Å². The second kappa shape index (κ2) is 10.4. The number of hydrogen-bond donors (Lipinski definition) is 1. The quantitative estimate of drug-likeness (QED) is 0.344. The number of H-pyrrole nitrogens is 1. The highest BCUT2D eigenvalue weighted by Crippen LogP contribution is 2.30. The molecule has 0 fully saturated rings. The molecule has 2 aromatic carbocycles. The minimum absolute atomic E-state index is 0.0103. The lowest BCUT2D eigenvalue weighted by atomic mass is 10.2. The summed E-state index contributed by atoms with van der Waals surface area (Å²) in [6.45, 7) is 4.38. The van der Waals surface area contributed by atoms with E-state index in [4.69, 9.17) is 33.3 Å². The van der Waals surface area contributed by atoms with Gasteiger partial charge in [-0.15, -0.1) is 0 Å². The lowest BCUT2D eigenvalue weighted by molar-refractivity contribution is 0.266. The van der Waals surface area contributed by atoms with Crippen molar-refractivity contribution in [2.45, 2.75) is 33.3 Å². The van der Waals surface area contributed by atoms with Crippen molar-refractivity contribution >= 4 is 30.0 Å². The molecule has 6 nitrogen and oxygen atoms in total. The fraction of sp³-hybridized carbons (Fsp3) is 0.286. The van der Waals surface area contributed by atoms with Crippen molar-refractivity contribution < 1.29 is 13.9 Å². The maximum absolute atomic E-state index is 14.0. The zero-order valence-electron chi connectivity index (χ0n) is 16.7. The number of benzene rings is 2. The predicted molar refractivity (Wildman–Crippen MR) is 118 cm³/mol. The van der Waals surface area contributed by atoms with Gasteiger partial charge in [0, 0.05) is 12.0 Å². The van der Waals surface area contributed by atoms with Crippen molar-refractivity contribution in [2.24, 2.45) is 5.10 Å². The molecule has 0 saturated heterocycles. The highest BCUT2D eigenvalue weighted by molar-refractivity contribution is 7.71. The number of halogens is 2. The molecule has 1 aromatic heterocycles. The number of ether oxygens (including phenoxy) is 2. The lowest BCUT2D eigenvalue weighted by Crippen LogP contribution is -2.03. The number of rotatable bonds is 9. The molecule has 0 aliphatic heterocycles. The van der Waals surface area contributed by atoms with Crippen molar-refractivity contribution in [3.63, 3.8) is 0 Å². The molecule has 3 aromatic rings. The Hall–Kier alpha value is -2.71. The van der Waals surface area contributed by atoms with Crippen LogP contribution in [0.1, 0.15) is 37.2 Å². The lowest BCUT2D eigenvalue weighted by Gasteiger charge is -2.13. The van der Waals surface area contributed by atoms with E-state index in [9.17, 15) is 4.39 Å². The summed E-state index contributed by atoms with van der Waals surface area (Å²) in [5.74, 6) is 1.37. The van der Waals surface area contributed by atoms with Crippen LogP contribution in [0.3, 0.4) is 0 Å². The molecule has 0 unspecified atom stereocenters. The van der Waals surface area contributed by atoms with Gasteiger partial charge in [0.15, 0.2) is 17.3 Å². The van der Waals surface area contributed by atoms with Crippen LogP contribution in [0.25, 0.3) is 0 Å². The average Bonchev–Trinajstić information content (AvgIpc) is 3.07. The molecule has 1 N–H and O–H groups in total. The topological polar surface area (TPSA) is 64.4 Å². The molecule has 1 heterocycles. The van der Waals surface area contributed by atoms with Crippen molar-refractivity contribution in [3.8, 4) is 11.5 Å². The van der Waals surface area contributed by atoms with Crippen molar-refractivity contribution in [3.05, 3.63) is 69.0 Å². The Bertz CT molecular complexity index is 1080. The van der Waals surface area contributed by atoms with E-state index in [1.165, 1.54) is 6.07 Å². The molecular weight excluding hydrogens is 427 g/mol. The number of aromatic amines is 1. The van der Waals surface area contributed by atoms with E-state index >= 15 is 0 Å². The van der Waals surface area contributed by atoms with Crippen LogP contribution in [-0.4, -0.2) is 27.7 Å². The zero-order valence-corrected chi connectivity index (χ0v) is 18.3. The number of nitrogens with one attached hydrogen (secondary N) is 1. The summed E-state index contributed by atoms with van der Waals surface area (Å²) in [4.78, 5) is 0. The molecular formula is C21H22ClFN4O2S. The zero-order chi connectivity index (χ0) is 21.5. The second-order valence-electron chi connectivity index (χ2n) is 6.38. The van der Waals surface area contributed by atoms with Gasteiger partial charge >= 0.3 is 0 Å². The van der Waals surface area contributed by atoms with E-state index in [-0.39, 0.29) is 6.61 Å². The van der Waals surface area contributed by atoms with Gasteiger partial charge in [0.05, 0.1) is 17.8 Å². The van der Waals surface area contributed by atoms with Crippen LogP contribution < -0.4 is 9.47 Å². The van der Waals surface area contributed by atoms with E-state index in [0.717, 1.165) is 24.2 Å². The highest BCUT2D eigenvalue weighted by Gasteiger charge is 2.11. The minimum Gasteiger partial charge on any atom is -0.490 e. The van der Waals surface area contributed by atoms with E-state index in [1.807, 2.05) is 13.0 Å². The summed E-state index contributed by atoms with van der Waals surface area (Å²) in [5.41, 5.74) is 1.09. The molecule has 0 atom stereocenters. The first-order valence-corrected chi connectivity index (χ1v) is 10.3. The first kappa shape index (κ1) is 22.0. The van der Waals surface area contributed by atoms with Crippen LogP contribution in [-0.2, 0) is 13.0 Å². The summed E-state index contributed by atoms with van der Waals surface area (Å²) in [6, 6.07) is 9.91. The standard InChI is InChI=1S/C21H22ClFN4O2S/c1-3-6-20-25-26-21(30)27(20)24-12-14-9-10-18(19(11-14)28-4-2)29-13-15-16(22)7-5-8-17(15)23/h5,7-12H,3-4,6,13H2,1-2H3,(H,26,30)/b24-12+. The molecule has 0 saturated carbocycles. The third-order valence-corrected chi connectivity index (χ3v) is 4.83. The van der Waals surface area contributed by atoms with E-state index in [0.29, 0.717) is 33.5 Å². The SMILES string of the molecule is CCCc1n[nH]c(=S)n1/N=C/c1ccc(OCc2c(F)cccc2Cl)c(OCC)c1. The van der Waals surface area contributed by atoms with Gasteiger partial charge in [-0.1, -0.05) is 24.6 Å². The maximum atomic E-state index is 14.0. The fourth-order valence-electron chi connectivity index (χ4n) is 2.77. The van der Waals surface area contributed by atoms with Crippen LogP contribution >= 0.6 is 23.8 Å². The van der Waals surface area contributed by atoms with Gasteiger partial charge in [0.2, 0.25) is 4.77 Å². The van der Waals surface area contributed by atoms with Crippen molar-refractivity contribution in [1.29, 1.82) is 0 Å². The molecule has 3 rings (SSSR count). The van der Waals surface area contributed by atoms with Gasteiger partial charge in [-0.05, 0) is 61.5 Å². The smallest absolute Gasteiger partial charge is 0.216 e. The van der Waals surface area contributed by atoms with Crippen LogP contribution in [0, 0.1) is 10.6 Å². The highest BCUT2D eigenvalue weighted by atomic mass is 35.5. The van der Waals surface area contributed by atoms with E-state index in [2.05, 4.69) is 22.2 Å². The van der Waals surface area contributed by atoms with Crippen LogP contribution in [0.2, 0.25) is 5.02 Å². The molecule has 0 aliphatic carbocycles. The van der Waals surface area contributed by atoms with Gasteiger partial charge in [-0.2, -0.15) is 14.9 Å². The summed E-state index contributed by atoms with van der Waals surface area (Å²) in [5, 5.41) is 11.7. The molecule has 158 valence electrons. The summed E-state index contributed by atoms with van der Waals surface area (Å²) < 4.78 is 27.5. The number of aryl methyl sites for hydroxylation is 1. The van der Waals surface area contributed by atoms with Crippen LogP contribution in [0.15, 0.2) is 41.5 Å². The summed E-state index contributed by atoms with van der Waals surface area (Å²) >= 11 is 11.3. The monoisotopic (exact) mass is 448 g/mol. The van der Waals surface area contributed by atoms with E-state index in [1.54, 1.807) is 35.2 Å². The molecule has 0 aliphatic rings. The molecule has 0 radical (unpaired) electrons. The number of nitrogens with zero attached hydrogens (tertiary/aromatic N) is 3. The van der Waals surface area contributed by atoms with Gasteiger partial charge in [-0.25, -0.2) is 4.39 Å². The largest absolute Gasteiger partial charge is 0.490 e. The maximum Gasteiger partial charge on any atom is 0.216 e. The van der Waals surface area contributed by atoms with Crippen molar-refractivity contribution in [1.82, 2.24) is 14.9 Å². The molecule has 30 heavy (non-hydrogen) atoms. The Morgan fingerprint density at radius 3 is 2.80 bits per heavy atom. The Kier molecular flexibility index (Phi) is 7.59. The Morgan fingerprint density at radius 2 is 2.07 bits per heavy atom. The molecule has 0 bridgehead atoms. The minimum atomic E-state index is -0.413. The van der Waals surface area contributed by atoms with E-state index < -0.39 is 5.82 Å². The Morgan fingerprint density at radius 1 is 1.23 bits per heavy atom. The first-order chi connectivity index (χ1) is 14.5. The first-order valence-electron chi connectivity index (χ1n) is 9.56. The van der Waals surface area contributed by atoms with Gasteiger partial charge < -0.3 is 9.47 Å². The normalized spacial score (nSPS) is 11.2. The molecule has 0 amide bonds. The van der Waals surface area contributed by atoms with Gasteiger partial charge in [0.1, 0.15) is 12.4 Å². The number of aromatic nitrogens is 3. The van der Waals surface area contributed by atoms with Crippen molar-refractivity contribution in [2.75, 3.05) is 6.61 Å². The predicted octanol–water partition coefficient (Wildman–Crippen LogP) is 5.55. The average molecular weight is 449 g/mol. The van der Waals surface area contributed by atoms with Gasteiger partial charge in [0.25, 0.3) is 0 Å². The fourth-order valence-corrected chi connectivity index (χ4v) is 3.18. The third-order valence-electron chi connectivity index (χ3n) is 4.21. The molecule has 9 heteroatoms. The Labute approximate surface area is 184 Å². The summed E-state index contributed by atoms with van der Waals surface area (Å²) in [7, 11) is 0.